The number of nitrogens with two attached hydrogens (primary N) is 1. The molecule has 1 heterocycles. The van der Waals surface area contributed by atoms with Crippen LogP contribution in [0.15, 0.2) is 29.2 Å². The van der Waals surface area contributed by atoms with Crippen LogP contribution in [0.25, 0.3) is 0 Å². The fourth-order valence-electron chi connectivity index (χ4n) is 1.66. The quantitative estimate of drug-likeness (QED) is 0.884. The number of thiophene rings is 1. The molecule has 0 atom stereocenters. The van der Waals surface area contributed by atoms with Crippen LogP contribution in [0.4, 0.5) is 5.69 Å². The predicted octanol–water partition coefficient (Wildman–Crippen LogP) is 3.62. The number of rotatable bonds is 4. The monoisotopic (exact) mass is 350 g/mol. The summed E-state index contributed by atoms with van der Waals surface area (Å²) in [6, 6.07) is 6.14. The highest BCUT2D eigenvalue weighted by atomic mass is 35.5. The lowest BCUT2D eigenvalue weighted by Crippen LogP contribution is -2.13. The third kappa shape index (κ3) is 3.27. The standard InChI is InChI=1S/C12H12Cl2N2O2S2/c1-7-12(5-9(6-15)19-7)20(17,18)16-11-3-2-8(13)4-10(11)14/h2-5,16H,6,15H2,1H3. The summed E-state index contributed by atoms with van der Waals surface area (Å²) in [4.78, 5) is 1.71. The highest BCUT2D eigenvalue weighted by molar-refractivity contribution is 7.93. The van der Waals surface area contributed by atoms with Crippen molar-refractivity contribution in [1.82, 2.24) is 0 Å². The Kier molecular flexibility index (Phi) is 4.61. The molecule has 0 aliphatic rings. The second-order valence-electron chi connectivity index (χ2n) is 4.07. The molecule has 0 unspecified atom stereocenters. The summed E-state index contributed by atoms with van der Waals surface area (Å²) in [5.74, 6) is 0. The van der Waals surface area contributed by atoms with Crippen molar-refractivity contribution < 1.29 is 8.42 Å². The molecule has 8 heteroatoms. The zero-order chi connectivity index (χ0) is 14.9. The molecule has 0 saturated carbocycles. The molecule has 1 aromatic heterocycles. The molecule has 0 amide bonds. The van der Waals surface area contributed by atoms with Gasteiger partial charge in [-0.3, -0.25) is 4.72 Å². The van der Waals surface area contributed by atoms with Crippen molar-refractivity contribution in [1.29, 1.82) is 0 Å². The Bertz CT molecular complexity index is 742. The lowest BCUT2D eigenvalue weighted by molar-refractivity contribution is 0.601. The van der Waals surface area contributed by atoms with Gasteiger partial charge in [-0.2, -0.15) is 0 Å². The van der Waals surface area contributed by atoms with Gasteiger partial charge in [0.25, 0.3) is 10.0 Å². The van der Waals surface area contributed by atoms with Crippen LogP contribution in [0.2, 0.25) is 10.0 Å². The minimum Gasteiger partial charge on any atom is -0.326 e. The van der Waals surface area contributed by atoms with E-state index in [0.717, 1.165) is 4.88 Å². The number of halogens is 2. The first kappa shape index (κ1) is 15.6. The highest BCUT2D eigenvalue weighted by Gasteiger charge is 2.20. The number of hydrogen-bond acceptors (Lipinski definition) is 4. The Balaban J connectivity index is 2.38. The average Bonchev–Trinajstić information content (AvgIpc) is 2.75. The van der Waals surface area contributed by atoms with Crippen molar-refractivity contribution in [3.63, 3.8) is 0 Å². The van der Waals surface area contributed by atoms with E-state index in [0.29, 0.717) is 16.4 Å². The molecule has 0 aliphatic carbocycles. The van der Waals surface area contributed by atoms with E-state index in [1.807, 2.05) is 0 Å². The molecule has 4 nitrogen and oxygen atoms in total. The number of sulfonamides is 1. The van der Waals surface area contributed by atoms with Gasteiger partial charge < -0.3 is 5.73 Å². The third-order valence-corrected chi connectivity index (χ3v) is 5.83. The second kappa shape index (κ2) is 5.91. The maximum absolute atomic E-state index is 12.4. The molecule has 0 radical (unpaired) electrons. The fraction of sp³-hybridized carbons (Fsp3) is 0.167. The number of benzene rings is 1. The van der Waals surface area contributed by atoms with E-state index in [1.165, 1.54) is 23.5 Å². The minimum atomic E-state index is -3.69. The number of anilines is 1. The lowest BCUT2D eigenvalue weighted by atomic mass is 10.3. The molecule has 1 aromatic carbocycles. The zero-order valence-electron chi connectivity index (χ0n) is 10.5. The van der Waals surface area contributed by atoms with Crippen molar-refractivity contribution in [3.05, 3.63) is 44.1 Å². The van der Waals surface area contributed by atoms with Crippen LogP contribution in [0.5, 0.6) is 0 Å². The average molecular weight is 351 g/mol. The molecule has 0 aliphatic heterocycles. The van der Waals surface area contributed by atoms with Gasteiger partial charge >= 0.3 is 0 Å². The molecule has 20 heavy (non-hydrogen) atoms. The summed E-state index contributed by atoms with van der Waals surface area (Å²) in [5, 5.41) is 0.683. The number of nitrogens with one attached hydrogen (secondary N) is 1. The molecular formula is C12H12Cl2N2O2S2. The van der Waals surface area contributed by atoms with Gasteiger partial charge in [0.1, 0.15) is 4.90 Å². The first-order valence-corrected chi connectivity index (χ1v) is 8.66. The molecule has 0 spiro atoms. The van der Waals surface area contributed by atoms with Crippen LogP contribution in [-0.4, -0.2) is 8.42 Å². The largest absolute Gasteiger partial charge is 0.326 e. The molecular weight excluding hydrogens is 339 g/mol. The SMILES string of the molecule is Cc1sc(CN)cc1S(=O)(=O)Nc1ccc(Cl)cc1Cl. The normalized spacial score (nSPS) is 11.6. The van der Waals surface area contributed by atoms with Gasteiger partial charge in [0, 0.05) is 21.3 Å². The van der Waals surface area contributed by atoms with Crippen molar-refractivity contribution in [3.8, 4) is 0 Å². The van der Waals surface area contributed by atoms with E-state index in [1.54, 1.807) is 19.1 Å². The maximum Gasteiger partial charge on any atom is 0.263 e. The van der Waals surface area contributed by atoms with Crippen LogP contribution < -0.4 is 10.5 Å². The van der Waals surface area contributed by atoms with Crippen LogP contribution in [0, 0.1) is 6.92 Å². The summed E-state index contributed by atoms with van der Waals surface area (Å²) in [7, 11) is -3.69. The minimum absolute atomic E-state index is 0.217. The summed E-state index contributed by atoms with van der Waals surface area (Å²) in [6.07, 6.45) is 0. The lowest BCUT2D eigenvalue weighted by Gasteiger charge is -2.09. The fourth-order valence-corrected chi connectivity index (χ4v) is 4.77. The van der Waals surface area contributed by atoms with Gasteiger partial charge in [0.2, 0.25) is 0 Å². The Morgan fingerprint density at radius 1 is 1.30 bits per heavy atom. The Morgan fingerprint density at radius 3 is 2.55 bits per heavy atom. The molecule has 0 saturated heterocycles. The van der Waals surface area contributed by atoms with E-state index >= 15 is 0 Å². The van der Waals surface area contributed by atoms with E-state index in [4.69, 9.17) is 28.9 Å². The zero-order valence-corrected chi connectivity index (χ0v) is 13.6. The third-order valence-electron chi connectivity index (χ3n) is 2.59. The smallest absolute Gasteiger partial charge is 0.263 e. The topological polar surface area (TPSA) is 72.2 Å². The molecule has 108 valence electrons. The van der Waals surface area contributed by atoms with E-state index in [2.05, 4.69) is 4.72 Å². The van der Waals surface area contributed by atoms with Gasteiger partial charge in [-0.05, 0) is 31.2 Å². The van der Waals surface area contributed by atoms with Crippen molar-refractivity contribution in [2.45, 2.75) is 18.4 Å². The highest BCUT2D eigenvalue weighted by Crippen LogP contribution is 2.30. The summed E-state index contributed by atoms with van der Waals surface area (Å²) >= 11 is 13.1. The maximum atomic E-state index is 12.4. The van der Waals surface area contributed by atoms with Crippen molar-refractivity contribution >= 4 is 50.2 Å². The summed E-state index contributed by atoms with van der Waals surface area (Å²) in [5.41, 5.74) is 5.82. The van der Waals surface area contributed by atoms with Crippen LogP contribution >= 0.6 is 34.5 Å². The van der Waals surface area contributed by atoms with Gasteiger partial charge in [-0.25, -0.2) is 8.42 Å². The van der Waals surface area contributed by atoms with Crippen LogP contribution in [0.3, 0.4) is 0 Å². The molecule has 2 aromatic rings. The van der Waals surface area contributed by atoms with Gasteiger partial charge in [0.05, 0.1) is 10.7 Å². The van der Waals surface area contributed by atoms with Crippen molar-refractivity contribution in [2.75, 3.05) is 4.72 Å². The second-order valence-corrected chi connectivity index (χ2v) is 7.90. The Hall–Kier alpha value is -0.790. The molecule has 0 bridgehead atoms. The first-order valence-electron chi connectivity index (χ1n) is 5.60. The molecule has 2 rings (SSSR count). The van der Waals surface area contributed by atoms with E-state index in [9.17, 15) is 8.42 Å². The van der Waals surface area contributed by atoms with Crippen LogP contribution in [-0.2, 0) is 16.6 Å². The predicted molar refractivity (Wildman–Crippen MR) is 84.2 cm³/mol. The van der Waals surface area contributed by atoms with Gasteiger partial charge in [-0.15, -0.1) is 11.3 Å². The number of hydrogen-bond donors (Lipinski definition) is 2. The van der Waals surface area contributed by atoms with Gasteiger partial charge in [0.15, 0.2) is 0 Å². The Morgan fingerprint density at radius 2 is 2.00 bits per heavy atom. The Labute approximate surface area is 131 Å². The van der Waals surface area contributed by atoms with E-state index in [-0.39, 0.29) is 15.6 Å². The summed E-state index contributed by atoms with van der Waals surface area (Å²) in [6.45, 7) is 2.05. The first-order chi connectivity index (χ1) is 9.33. The molecule has 0 fully saturated rings. The summed E-state index contributed by atoms with van der Waals surface area (Å²) < 4.78 is 27.2. The number of aryl methyl sites for hydroxylation is 1. The van der Waals surface area contributed by atoms with Crippen LogP contribution in [0.1, 0.15) is 9.75 Å². The van der Waals surface area contributed by atoms with E-state index < -0.39 is 10.0 Å². The molecule has 3 N–H and O–H groups in total. The van der Waals surface area contributed by atoms with Crippen molar-refractivity contribution in [2.24, 2.45) is 5.73 Å². The van der Waals surface area contributed by atoms with Gasteiger partial charge in [-0.1, -0.05) is 23.2 Å².